The summed E-state index contributed by atoms with van der Waals surface area (Å²) in [5.74, 6) is -0.448. The molecule has 20 heavy (non-hydrogen) atoms. The molecule has 2 N–H and O–H groups in total. The Kier molecular flexibility index (Phi) is 3.30. The number of hydrogen-bond donors (Lipinski definition) is 2. The number of aromatic nitrogens is 1. The van der Waals surface area contributed by atoms with Gasteiger partial charge in [-0.1, -0.05) is 6.07 Å². The van der Waals surface area contributed by atoms with Gasteiger partial charge in [-0.25, -0.2) is 9.78 Å². The molecule has 0 bridgehead atoms. The van der Waals surface area contributed by atoms with E-state index in [2.05, 4.69) is 10.3 Å². The van der Waals surface area contributed by atoms with E-state index >= 15 is 0 Å². The summed E-state index contributed by atoms with van der Waals surface area (Å²) in [6.07, 6.45) is 3.83. The Hall–Kier alpha value is -2.11. The Bertz CT molecular complexity index is 542. The molecule has 1 aromatic rings. The minimum Gasteiger partial charge on any atom is -0.477 e. The fraction of sp³-hybridized carbons (Fsp3) is 0.500. The van der Waals surface area contributed by atoms with E-state index in [1.54, 1.807) is 12.1 Å². The first-order valence-electron chi connectivity index (χ1n) is 6.92. The van der Waals surface area contributed by atoms with Gasteiger partial charge in [-0.3, -0.25) is 4.79 Å². The standard InChI is InChI=1S/C14H17N3O3/c18-13(15-9-6-7-9)11-4-2-8-17(11)12-5-1-3-10(16-12)14(19)20/h1,3,5,9,11H,2,4,6-8H2,(H,15,18)(H,19,20). The number of anilines is 1. The molecular formula is C14H17N3O3. The van der Waals surface area contributed by atoms with Gasteiger partial charge >= 0.3 is 5.97 Å². The van der Waals surface area contributed by atoms with Crippen molar-refractivity contribution < 1.29 is 14.7 Å². The summed E-state index contributed by atoms with van der Waals surface area (Å²) in [4.78, 5) is 29.2. The Morgan fingerprint density at radius 3 is 2.80 bits per heavy atom. The Labute approximate surface area is 116 Å². The number of nitrogens with one attached hydrogen (secondary N) is 1. The van der Waals surface area contributed by atoms with Crippen LogP contribution in [0, 0.1) is 0 Å². The van der Waals surface area contributed by atoms with Gasteiger partial charge in [-0.2, -0.15) is 0 Å². The van der Waals surface area contributed by atoms with Crippen LogP contribution in [0.25, 0.3) is 0 Å². The molecular weight excluding hydrogens is 258 g/mol. The van der Waals surface area contributed by atoms with Crippen LogP contribution in [0.4, 0.5) is 5.82 Å². The van der Waals surface area contributed by atoms with Gasteiger partial charge in [0.2, 0.25) is 5.91 Å². The maximum absolute atomic E-state index is 12.2. The number of aromatic carboxylic acids is 1. The highest BCUT2D eigenvalue weighted by Gasteiger charge is 2.34. The van der Waals surface area contributed by atoms with E-state index < -0.39 is 5.97 Å². The van der Waals surface area contributed by atoms with Crippen molar-refractivity contribution in [2.45, 2.75) is 37.8 Å². The number of pyridine rings is 1. The van der Waals surface area contributed by atoms with Crippen molar-refractivity contribution in [3.63, 3.8) is 0 Å². The zero-order valence-electron chi connectivity index (χ0n) is 11.1. The molecule has 1 saturated carbocycles. The Balaban J connectivity index is 1.78. The molecule has 0 radical (unpaired) electrons. The summed E-state index contributed by atoms with van der Waals surface area (Å²) in [6.45, 7) is 0.735. The molecule has 6 nitrogen and oxygen atoms in total. The minimum absolute atomic E-state index is 0.00995. The first kappa shape index (κ1) is 12.9. The van der Waals surface area contributed by atoms with Crippen molar-refractivity contribution in [3.05, 3.63) is 23.9 Å². The second kappa shape index (κ2) is 5.11. The summed E-state index contributed by atoms with van der Waals surface area (Å²) in [7, 11) is 0. The number of rotatable bonds is 4. The van der Waals surface area contributed by atoms with Crippen LogP contribution in [0.5, 0.6) is 0 Å². The topological polar surface area (TPSA) is 82.5 Å². The predicted molar refractivity (Wildman–Crippen MR) is 72.7 cm³/mol. The molecule has 2 heterocycles. The first-order valence-corrected chi connectivity index (χ1v) is 6.92. The molecule has 1 unspecified atom stereocenters. The number of carboxylic acid groups (broad SMARTS) is 1. The smallest absolute Gasteiger partial charge is 0.354 e. The highest BCUT2D eigenvalue weighted by atomic mass is 16.4. The predicted octanol–water partition coefficient (Wildman–Crippen LogP) is 1.03. The zero-order valence-corrected chi connectivity index (χ0v) is 11.1. The van der Waals surface area contributed by atoms with Crippen LogP contribution < -0.4 is 10.2 Å². The maximum Gasteiger partial charge on any atom is 0.354 e. The van der Waals surface area contributed by atoms with Gasteiger partial charge in [0.05, 0.1) is 0 Å². The SMILES string of the molecule is O=C(O)c1cccc(N2CCCC2C(=O)NC2CC2)n1. The van der Waals surface area contributed by atoms with Crippen LogP contribution in [0.1, 0.15) is 36.2 Å². The van der Waals surface area contributed by atoms with Crippen LogP contribution in [-0.2, 0) is 4.79 Å². The maximum atomic E-state index is 12.2. The number of carboxylic acids is 1. The molecule has 1 saturated heterocycles. The summed E-state index contributed by atoms with van der Waals surface area (Å²) < 4.78 is 0. The molecule has 2 aliphatic rings. The number of carbonyl (C=O) groups is 2. The number of carbonyl (C=O) groups excluding carboxylic acids is 1. The van der Waals surface area contributed by atoms with E-state index in [4.69, 9.17) is 5.11 Å². The number of amides is 1. The van der Waals surface area contributed by atoms with Crippen molar-refractivity contribution in [2.75, 3.05) is 11.4 Å². The van der Waals surface area contributed by atoms with Crippen molar-refractivity contribution in [1.82, 2.24) is 10.3 Å². The third-order valence-corrected chi connectivity index (χ3v) is 3.73. The van der Waals surface area contributed by atoms with Gasteiger partial charge in [0.1, 0.15) is 11.9 Å². The van der Waals surface area contributed by atoms with E-state index in [0.29, 0.717) is 11.9 Å². The zero-order chi connectivity index (χ0) is 14.1. The van der Waals surface area contributed by atoms with Gasteiger partial charge in [-0.15, -0.1) is 0 Å². The Morgan fingerprint density at radius 1 is 1.30 bits per heavy atom. The fourth-order valence-corrected chi connectivity index (χ4v) is 2.54. The molecule has 0 spiro atoms. The molecule has 1 aliphatic heterocycles. The normalized spacial score (nSPS) is 21.8. The molecule has 1 atom stereocenters. The van der Waals surface area contributed by atoms with Crippen LogP contribution in [-0.4, -0.2) is 40.6 Å². The highest BCUT2D eigenvalue weighted by molar-refractivity contribution is 5.87. The summed E-state index contributed by atoms with van der Waals surface area (Å²) >= 11 is 0. The highest BCUT2D eigenvalue weighted by Crippen LogP contribution is 2.26. The van der Waals surface area contributed by atoms with E-state index in [1.807, 2.05) is 4.90 Å². The van der Waals surface area contributed by atoms with Crippen molar-refractivity contribution in [1.29, 1.82) is 0 Å². The molecule has 2 fully saturated rings. The number of hydrogen-bond acceptors (Lipinski definition) is 4. The average molecular weight is 275 g/mol. The van der Waals surface area contributed by atoms with E-state index in [9.17, 15) is 9.59 Å². The van der Waals surface area contributed by atoms with Crippen LogP contribution in [0.2, 0.25) is 0 Å². The molecule has 106 valence electrons. The molecule has 1 aliphatic carbocycles. The van der Waals surface area contributed by atoms with Crippen molar-refractivity contribution in [2.24, 2.45) is 0 Å². The second-order valence-electron chi connectivity index (χ2n) is 5.32. The molecule has 3 rings (SSSR count). The lowest BCUT2D eigenvalue weighted by molar-refractivity contribution is -0.122. The summed E-state index contributed by atoms with van der Waals surface area (Å²) in [5, 5.41) is 12.0. The van der Waals surface area contributed by atoms with Crippen LogP contribution >= 0.6 is 0 Å². The van der Waals surface area contributed by atoms with Crippen LogP contribution in [0.15, 0.2) is 18.2 Å². The number of nitrogens with zero attached hydrogens (tertiary/aromatic N) is 2. The fourth-order valence-electron chi connectivity index (χ4n) is 2.54. The van der Waals surface area contributed by atoms with E-state index in [0.717, 1.165) is 32.2 Å². The molecule has 0 aromatic carbocycles. The van der Waals surface area contributed by atoms with Gasteiger partial charge < -0.3 is 15.3 Å². The molecule has 1 aromatic heterocycles. The quantitative estimate of drug-likeness (QED) is 0.857. The van der Waals surface area contributed by atoms with Crippen molar-refractivity contribution in [3.8, 4) is 0 Å². The van der Waals surface area contributed by atoms with E-state index in [1.165, 1.54) is 6.07 Å². The lowest BCUT2D eigenvalue weighted by Crippen LogP contribution is -2.44. The van der Waals surface area contributed by atoms with Crippen LogP contribution in [0.3, 0.4) is 0 Å². The first-order chi connectivity index (χ1) is 9.65. The Morgan fingerprint density at radius 2 is 2.10 bits per heavy atom. The van der Waals surface area contributed by atoms with Gasteiger partial charge in [-0.05, 0) is 37.8 Å². The second-order valence-corrected chi connectivity index (χ2v) is 5.32. The largest absolute Gasteiger partial charge is 0.477 e. The lowest BCUT2D eigenvalue weighted by atomic mass is 10.2. The van der Waals surface area contributed by atoms with Crippen molar-refractivity contribution >= 4 is 17.7 Å². The molecule has 6 heteroatoms. The van der Waals surface area contributed by atoms with Gasteiger partial charge in [0, 0.05) is 12.6 Å². The van der Waals surface area contributed by atoms with E-state index in [-0.39, 0.29) is 17.6 Å². The van der Waals surface area contributed by atoms with Gasteiger partial charge in [0.15, 0.2) is 5.69 Å². The third kappa shape index (κ3) is 2.59. The molecule has 1 amide bonds. The monoisotopic (exact) mass is 275 g/mol. The lowest BCUT2D eigenvalue weighted by Gasteiger charge is -2.25. The van der Waals surface area contributed by atoms with Gasteiger partial charge in [0.25, 0.3) is 0 Å². The summed E-state index contributed by atoms with van der Waals surface area (Å²) in [6, 6.07) is 4.99. The summed E-state index contributed by atoms with van der Waals surface area (Å²) in [5.41, 5.74) is 0.00995. The minimum atomic E-state index is -1.05. The average Bonchev–Trinajstić information content (AvgIpc) is 3.11. The third-order valence-electron chi connectivity index (χ3n) is 3.73.